The minimum atomic E-state index is -1.68. The zero-order valence-electron chi connectivity index (χ0n) is 24.9. The van der Waals surface area contributed by atoms with Gasteiger partial charge in [-0.15, -0.1) is 0 Å². The molecule has 4 N–H and O–H groups in total. The monoisotopic (exact) mass is 608 g/mol. The van der Waals surface area contributed by atoms with Crippen molar-refractivity contribution in [3.8, 4) is 11.5 Å². The van der Waals surface area contributed by atoms with Crippen LogP contribution in [0.4, 0.5) is 0 Å². The van der Waals surface area contributed by atoms with Gasteiger partial charge in [-0.2, -0.15) is 0 Å². The van der Waals surface area contributed by atoms with Gasteiger partial charge >= 0.3 is 0 Å². The molecule has 0 unspecified atom stereocenters. The van der Waals surface area contributed by atoms with Crippen molar-refractivity contribution in [2.75, 3.05) is 14.2 Å². The van der Waals surface area contributed by atoms with Gasteiger partial charge in [0.1, 0.15) is 17.6 Å². The molecule has 0 radical (unpaired) electrons. The minimum absolute atomic E-state index is 0.0771. The van der Waals surface area contributed by atoms with Gasteiger partial charge in [0, 0.05) is 63.9 Å². The van der Waals surface area contributed by atoms with Crippen LogP contribution in [0, 0.1) is 0 Å². The Morgan fingerprint density at radius 1 is 0.717 bits per heavy atom. The second kappa shape index (κ2) is 10.2. The van der Waals surface area contributed by atoms with Crippen LogP contribution in [0.15, 0.2) is 97.1 Å². The van der Waals surface area contributed by atoms with E-state index in [4.69, 9.17) is 9.47 Å². The van der Waals surface area contributed by atoms with E-state index in [1.807, 2.05) is 48.5 Å². The van der Waals surface area contributed by atoms with Gasteiger partial charge in [-0.25, -0.2) is 0 Å². The number of allylic oxidation sites excluding steroid dienone is 2. The highest BCUT2D eigenvalue weighted by atomic mass is 16.5. The number of carbonyl (C=O) groups is 2. The number of para-hydroxylation sites is 2. The number of Topliss-reactive ketones (excluding diaryl/α,β-unsaturated/α-hetero) is 2. The van der Waals surface area contributed by atoms with Crippen molar-refractivity contribution in [3.05, 3.63) is 131 Å². The van der Waals surface area contributed by atoms with E-state index < -0.39 is 17.5 Å². The molecule has 8 rings (SSSR count). The van der Waals surface area contributed by atoms with Gasteiger partial charge in [0.15, 0.2) is 5.78 Å². The number of benzene rings is 4. The standard InChI is InChI=1S/C38H28N2O6/c1-45-37(21-13-17-23(42)18-14-21)38(46-2)35-30(25-8-4-6-10-28(25)40-35)32(36(38)44)31-29-24-7-3-5-9-27(24)39-33(29)26(34(31)43)19-20-11-15-22(41)16-12-20/h3-19,37,39-42H,1-2H3/b26-19-,32-31+/t37-,38-/m0/s1. The summed E-state index contributed by atoms with van der Waals surface area (Å²) in [4.78, 5) is 36.8. The molecule has 8 nitrogen and oxygen atoms in total. The van der Waals surface area contributed by atoms with Gasteiger partial charge in [-0.1, -0.05) is 60.7 Å². The first-order valence-corrected chi connectivity index (χ1v) is 14.8. The van der Waals surface area contributed by atoms with Crippen molar-refractivity contribution in [3.63, 3.8) is 0 Å². The summed E-state index contributed by atoms with van der Waals surface area (Å²) < 4.78 is 12.3. The van der Waals surface area contributed by atoms with Crippen LogP contribution in [-0.4, -0.2) is 46.0 Å². The number of aromatic nitrogens is 2. The van der Waals surface area contributed by atoms with E-state index in [1.165, 1.54) is 26.4 Å². The molecule has 8 heteroatoms. The van der Waals surface area contributed by atoms with Crippen LogP contribution in [0.5, 0.6) is 11.5 Å². The maximum Gasteiger partial charge on any atom is 0.205 e. The molecule has 0 spiro atoms. The molecule has 2 aliphatic carbocycles. The SMILES string of the molecule is CO[C@@H](c1ccc(O)cc1)[C@@]1(OC)C(=O)/C(=C2/C(=O)/C(=C\c3ccc(O)cc3)c3[nH]c4ccccc4c32)c2c1[nH]c1ccccc21. The first kappa shape index (κ1) is 27.8. The predicted molar refractivity (Wildman–Crippen MR) is 176 cm³/mol. The largest absolute Gasteiger partial charge is 0.508 e. The second-order valence-corrected chi connectivity index (χ2v) is 11.5. The number of H-pyrrole nitrogens is 2. The topological polar surface area (TPSA) is 125 Å². The molecule has 0 aliphatic heterocycles. The highest BCUT2D eigenvalue weighted by Crippen LogP contribution is 2.57. The lowest BCUT2D eigenvalue weighted by molar-refractivity contribution is -0.158. The maximum absolute atomic E-state index is 15.2. The van der Waals surface area contributed by atoms with Gasteiger partial charge in [0.25, 0.3) is 0 Å². The van der Waals surface area contributed by atoms with Gasteiger partial charge in [0.05, 0.1) is 11.4 Å². The fourth-order valence-corrected chi connectivity index (χ4v) is 7.15. The molecule has 0 fully saturated rings. The van der Waals surface area contributed by atoms with Crippen LogP contribution < -0.4 is 0 Å². The molecule has 0 amide bonds. The van der Waals surface area contributed by atoms with E-state index in [0.29, 0.717) is 33.7 Å². The molecule has 2 aromatic heterocycles. The highest BCUT2D eigenvalue weighted by Gasteiger charge is 2.59. The number of carbonyl (C=O) groups excluding carboxylic acids is 2. The van der Waals surface area contributed by atoms with Crippen LogP contribution >= 0.6 is 0 Å². The number of rotatable bonds is 5. The molecule has 0 saturated heterocycles. The fourth-order valence-electron chi connectivity index (χ4n) is 7.15. The lowest BCUT2D eigenvalue weighted by Gasteiger charge is -2.34. The lowest BCUT2D eigenvalue weighted by atomic mass is 9.85. The summed E-state index contributed by atoms with van der Waals surface area (Å²) in [7, 11) is 2.98. The number of ketones is 2. The molecule has 2 aliphatic rings. The van der Waals surface area contributed by atoms with Crippen LogP contribution in [0.25, 0.3) is 44.6 Å². The van der Waals surface area contributed by atoms with Crippen molar-refractivity contribution < 1.29 is 29.3 Å². The lowest BCUT2D eigenvalue weighted by Crippen LogP contribution is -2.42. The van der Waals surface area contributed by atoms with Crippen molar-refractivity contribution in [2.45, 2.75) is 11.7 Å². The van der Waals surface area contributed by atoms with E-state index in [1.54, 1.807) is 42.5 Å². The van der Waals surface area contributed by atoms with E-state index >= 15 is 4.79 Å². The van der Waals surface area contributed by atoms with Crippen molar-refractivity contribution in [1.29, 1.82) is 0 Å². The fraction of sp³-hybridized carbons (Fsp3) is 0.105. The summed E-state index contributed by atoms with van der Waals surface area (Å²) in [6.45, 7) is 0. The zero-order valence-corrected chi connectivity index (χ0v) is 24.9. The first-order chi connectivity index (χ1) is 22.4. The third kappa shape index (κ3) is 3.74. The van der Waals surface area contributed by atoms with Crippen LogP contribution in [0.1, 0.15) is 39.7 Å². The average molecular weight is 609 g/mol. The second-order valence-electron chi connectivity index (χ2n) is 11.5. The summed E-state index contributed by atoms with van der Waals surface area (Å²) in [5.74, 6) is -0.513. The number of ether oxygens (including phenoxy) is 2. The molecular formula is C38H28N2O6. The zero-order chi connectivity index (χ0) is 31.7. The Labute approximate surface area is 263 Å². The number of phenols is 2. The normalized spacial score (nSPS) is 20.6. The summed E-state index contributed by atoms with van der Waals surface area (Å²) >= 11 is 0. The number of nitrogens with one attached hydrogen (secondary N) is 2. The third-order valence-electron chi connectivity index (χ3n) is 9.17. The van der Waals surface area contributed by atoms with Crippen molar-refractivity contribution in [2.24, 2.45) is 0 Å². The van der Waals surface area contributed by atoms with Gasteiger partial charge in [0.2, 0.25) is 11.4 Å². The van der Waals surface area contributed by atoms with Gasteiger partial charge in [-0.05, 0) is 53.6 Å². The molecule has 46 heavy (non-hydrogen) atoms. The number of hydrogen-bond donors (Lipinski definition) is 4. The number of methoxy groups -OCH3 is 2. The quantitative estimate of drug-likeness (QED) is 0.158. The van der Waals surface area contributed by atoms with E-state index in [-0.39, 0.29) is 28.4 Å². The molecule has 0 saturated carbocycles. The average Bonchev–Trinajstić information content (AvgIpc) is 3.77. The Morgan fingerprint density at radius 3 is 1.93 bits per heavy atom. The number of hydrogen-bond acceptors (Lipinski definition) is 6. The summed E-state index contributed by atoms with van der Waals surface area (Å²) in [5, 5.41) is 21.5. The molecule has 2 heterocycles. The van der Waals surface area contributed by atoms with Gasteiger partial charge < -0.3 is 29.7 Å². The Bertz CT molecular complexity index is 2290. The third-order valence-corrected chi connectivity index (χ3v) is 9.17. The Morgan fingerprint density at radius 2 is 1.30 bits per heavy atom. The van der Waals surface area contributed by atoms with E-state index in [2.05, 4.69) is 9.97 Å². The Hall–Kier alpha value is -5.70. The first-order valence-electron chi connectivity index (χ1n) is 14.8. The van der Waals surface area contributed by atoms with Crippen LogP contribution in [0.3, 0.4) is 0 Å². The molecular weight excluding hydrogens is 580 g/mol. The summed E-state index contributed by atoms with van der Waals surface area (Å²) in [6, 6.07) is 28.4. The van der Waals surface area contributed by atoms with Crippen molar-refractivity contribution >= 4 is 56.2 Å². The Balaban J connectivity index is 1.47. The number of phenolic OH excluding ortho intramolecular Hbond substituents is 2. The summed E-state index contributed by atoms with van der Waals surface area (Å²) in [6.07, 6.45) is 0.846. The smallest absolute Gasteiger partial charge is 0.205 e. The molecule has 4 aromatic carbocycles. The predicted octanol–water partition coefficient (Wildman–Crippen LogP) is 6.91. The van der Waals surface area contributed by atoms with E-state index in [9.17, 15) is 15.0 Å². The van der Waals surface area contributed by atoms with Crippen molar-refractivity contribution in [1.82, 2.24) is 9.97 Å². The Kier molecular flexibility index (Phi) is 6.15. The number of aromatic amines is 2. The van der Waals surface area contributed by atoms with Crippen LogP contribution in [-0.2, 0) is 24.7 Å². The maximum atomic E-state index is 15.2. The number of fused-ring (bicyclic) bond motifs is 6. The van der Waals surface area contributed by atoms with E-state index in [0.717, 1.165) is 27.4 Å². The molecule has 6 aromatic rings. The molecule has 0 bridgehead atoms. The number of aromatic hydroxyl groups is 2. The molecule has 2 atom stereocenters. The molecule has 226 valence electrons. The van der Waals surface area contributed by atoms with Crippen LogP contribution in [0.2, 0.25) is 0 Å². The minimum Gasteiger partial charge on any atom is -0.508 e. The van der Waals surface area contributed by atoms with Gasteiger partial charge in [-0.3, -0.25) is 9.59 Å². The highest BCUT2D eigenvalue weighted by molar-refractivity contribution is 6.59. The summed E-state index contributed by atoms with van der Waals surface area (Å²) in [5.41, 5.74) is 4.56.